The fourth-order valence-electron chi connectivity index (χ4n) is 2.02. The molecule has 0 aliphatic carbocycles. The smallest absolute Gasteiger partial charge is 0.325 e. The number of hydrogen-bond donors (Lipinski definition) is 2. The Hall–Kier alpha value is -1.91. The third-order valence-electron chi connectivity index (χ3n) is 2.81. The molecule has 0 aromatic heterocycles. The van der Waals surface area contributed by atoms with Crippen LogP contribution in [0.15, 0.2) is 18.2 Å². The second-order valence-electron chi connectivity index (χ2n) is 3.99. The van der Waals surface area contributed by atoms with Gasteiger partial charge in [-0.2, -0.15) is 0 Å². The van der Waals surface area contributed by atoms with Crippen molar-refractivity contribution in [1.82, 2.24) is 0 Å². The minimum absolute atomic E-state index is 0.0408. The summed E-state index contributed by atoms with van der Waals surface area (Å²) < 4.78 is 4.96. The van der Waals surface area contributed by atoms with E-state index in [0.717, 1.165) is 11.4 Å². The van der Waals surface area contributed by atoms with Gasteiger partial charge in [0.25, 0.3) is 0 Å². The lowest BCUT2D eigenvalue weighted by Crippen LogP contribution is -2.37. The highest BCUT2D eigenvalue weighted by molar-refractivity contribution is 5.89. The third kappa shape index (κ3) is 2.13. The zero-order valence-electron chi connectivity index (χ0n) is 10.1. The van der Waals surface area contributed by atoms with Gasteiger partial charge in [-0.15, -0.1) is 0 Å². The molecule has 1 aromatic carbocycles. The molecule has 3 N–H and O–H groups in total. The summed E-state index contributed by atoms with van der Waals surface area (Å²) in [5.41, 5.74) is 8.42. The summed E-state index contributed by atoms with van der Waals surface area (Å²) >= 11 is 0. The molecule has 1 heterocycles. The molecule has 0 bridgehead atoms. The van der Waals surface area contributed by atoms with E-state index in [0.29, 0.717) is 12.3 Å². The van der Waals surface area contributed by atoms with Crippen molar-refractivity contribution in [3.8, 4) is 0 Å². The molecule has 1 aliphatic heterocycles. The van der Waals surface area contributed by atoms with Gasteiger partial charge in [0.15, 0.2) is 0 Å². The Morgan fingerprint density at radius 3 is 3.06 bits per heavy atom. The largest absolute Gasteiger partial charge is 0.465 e. The fraction of sp³-hybridized carbons (Fsp3) is 0.417. The molecule has 2 rings (SSSR count). The van der Waals surface area contributed by atoms with Crippen LogP contribution in [0.25, 0.3) is 0 Å². The van der Waals surface area contributed by atoms with Gasteiger partial charge < -0.3 is 20.7 Å². The molecule has 1 atom stereocenters. The van der Waals surface area contributed by atoms with Crippen molar-refractivity contribution >= 4 is 23.0 Å². The molecule has 1 aromatic rings. The van der Waals surface area contributed by atoms with Crippen molar-refractivity contribution in [2.45, 2.75) is 20.0 Å². The SMILES string of the molecule is CCOC(=O)CN1c2cccc(N)c2NC1C. The normalized spacial score (nSPS) is 17.5. The average molecular weight is 235 g/mol. The fourth-order valence-corrected chi connectivity index (χ4v) is 2.02. The Labute approximate surface area is 101 Å². The molecule has 5 nitrogen and oxygen atoms in total. The van der Waals surface area contributed by atoms with E-state index in [4.69, 9.17) is 10.5 Å². The molecule has 92 valence electrons. The summed E-state index contributed by atoms with van der Waals surface area (Å²) in [6.45, 7) is 4.42. The maximum absolute atomic E-state index is 11.5. The topological polar surface area (TPSA) is 67.6 Å². The highest BCUT2D eigenvalue weighted by atomic mass is 16.5. The van der Waals surface area contributed by atoms with Crippen molar-refractivity contribution in [2.24, 2.45) is 0 Å². The molecule has 0 amide bonds. The Kier molecular flexibility index (Phi) is 3.08. The Morgan fingerprint density at radius 2 is 2.35 bits per heavy atom. The van der Waals surface area contributed by atoms with Gasteiger partial charge in [-0.1, -0.05) is 6.07 Å². The number of esters is 1. The number of nitrogen functional groups attached to an aromatic ring is 1. The molecular weight excluding hydrogens is 218 g/mol. The van der Waals surface area contributed by atoms with Crippen LogP contribution in [-0.4, -0.2) is 25.3 Å². The van der Waals surface area contributed by atoms with E-state index >= 15 is 0 Å². The van der Waals surface area contributed by atoms with Gasteiger partial charge in [-0.25, -0.2) is 0 Å². The highest BCUT2D eigenvalue weighted by Gasteiger charge is 2.28. The van der Waals surface area contributed by atoms with Gasteiger partial charge in [0, 0.05) is 0 Å². The van der Waals surface area contributed by atoms with Crippen molar-refractivity contribution in [2.75, 3.05) is 29.1 Å². The molecule has 0 saturated carbocycles. The number of nitrogens with two attached hydrogens (primary N) is 1. The van der Waals surface area contributed by atoms with Gasteiger partial charge in [0.05, 0.1) is 29.8 Å². The number of anilines is 3. The van der Waals surface area contributed by atoms with Gasteiger partial charge >= 0.3 is 5.97 Å². The summed E-state index contributed by atoms with van der Waals surface area (Å²) in [5.74, 6) is -0.226. The number of para-hydroxylation sites is 1. The van der Waals surface area contributed by atoms with Crippen LogP contribution < -0.4 is 16.0 Å². The number of rotatable bonds is 3. The third-order valence-corrected chi connectivity index (χ3v) is 2.81. The predicted molar refractivity (Wildman–Crippen MR) is 67.9 cm³/mol. The van der Waals surface area contributed by atoms with E-state index in [-0.39, 0.29) is 18.7 Å². The number of carbonyl (C=O) groups excluding carboxylic acids is 1. The van der Waals surface area contributed by atoms with E-state index in [9.17, 15) is 4.79 Å². The van der Waals surface area contributed by atoms with Crippen LogP contribution in [0.3, 0.4) is 0 Å². The van der Waals surface area contributed by atoms with E-state index in [1.54, 1.807) is 6.92 Å². The number of nitrogens with one attached hydrogen (secondary N) is 1. The molecule has 0 fully saturated rings. The zero-order valence-corrected chi connectivity index (χ0v) is 10.1. The zero-order chi connectivity index (χ0) is 12.4. The minimum Gasteiger partial charge on any atom is -0.465 e. The van der Waals surface area contributed by atoms with E-state index in [1.807, 2.05) is 30.0 Å². The molecular formula is C12H17N3O2. The molecule has 5 heteroatoms. The number of nitrogens with zero attached hydrogens (tertiary/aromatic N) is 1. The average Bonchev–Trinajstić information content (AvgIpc) is 2.58. The summed E-state index contributed by atoms with van der Waals surface area (Å²) in [7, 11) is 0. The maximum Gasteiger partial charge on any atom is 0.325 e. The van der Waals surface area contributed by atoms with E-state index < -0.39 is 0 Å². The van der Waals surface area contributed by atoms with Crippen LogP contribution in [0, 0.1) is 0 Å². The van der Waals surface area contributed by atoms with Crippen LogP contribution in [0.2, 0.25) is 0 Å². The van der Waals surface area contributed by atoms with Crippen LogP contribution >= 0.6 is 0 Å². The first-order chi connectivity index (χ1) is 8.13. The second-order valence-corrected chi connectivity index (χ2v) is 3.99. The van der Waals surface area contributed by atoms with Crippen LogP contribution in [0.5, 0.6) is 0 Å². The molecule has 0 radical (unpaired) electrons. The first-order valence-electron chi connectivity index (χ1n) is 5.70. The van der Waals surface area contributed by atoms with Crippen molar-refractivity contribution in [3.05, 3.63) is 18.2 Å². The van der Waals surface area contributed by atoms with Gasteiger partial charge in [-0.3, -0.25) is 4.79 Å². The van der Waals surface area contributed by atoms with Crippen LogP contribution in [0.4, 0.5) is 17.1 Å². The van der Waals surface area contributed by atoms with Crippen molar-refractivity contribution < 1.29 is 9.53 Å². The van der Waals surface area contributed by atoms with E-state index in [1.165, 1.54) is 0 Å². The molecule has 1 aliphatic rings. The summed E-state index contributed by atoms with van der Waals surface area (Å²) in [4.78, 5) is 13.5. The summed E-state index contributed by atoms with van der Waals surface area (Å²) in [5, 5.41) is 3.26. The van der Waals surface area contributed by atoms with Gasteiger partial charge in [0.2, 0.25) is 0 Å². The lowest BCUT2D eigenvalue weighted by molar-refractivity contribution is -0.141. The second kappa shape index (κ2) is 4.53. The molecule has 0 spiro atoms. The first-order valence-corrected chi connectivity index (χ1v) is 5.70. The number of carbonyl (C=O) groups is 1. The van der Waals surface area contributed by atoms with Crippen LogP contribution in [-0.2, 0) is 9.53 Å². The number of hydrogen-bond acceptors (Lipinski definition) is 5. The maximum atomic E-state index is 11.5. The number of ether oxygens (including phenoxy) is 1. The number of benzene rings is 1. The van der Waals surface area contributed by atoms with Crippen molar-refractivity contribution in [3.63, 3.8) is 0 Å². The molecule has 0 saturated heterocycles. The predicted octanol–water partition coefficient (Wildman–Crippen LogP) is 1.41. The highest BCUT2D eigenvalue weighted by Crippen LogP contribution is 2.38. The first kappa shape index (κ1) is 11.6. The van der Waals surface area contributed by atoms with Gasteiger partial charge in [-0.05, 0) is 26.0 Å². The van der Waals surface area contributed by atoms with Crippen LogP contribution in [0.1, 0.15) is 13.8 Å². The minimum atomic E-state index is -0.226. The number of fused-ring (bicyclic) bond motifs is 1. The quantitative estimate of drug-likeness (QED) is 0.612. The Bertz CT molecular complexity index is 434. The van der Waals surface area contributed by atoms with E-state index in [2.05, 4.69) is 5.32 Å². The summed E-state index contributed by atoms with van der Waals surface area (Å²) in [6.07, 6.45) is 0.0408. The van der Waals surface area contributed by atoms with Gasteiger partial charge in [0.1, 0.15) is 6.54 Å². The lowest BCUT2D eigenvalue weighted by Gasteiger charge is -2.22. The monoisotopic (exact) mass is 235 g/mol. The molecule has 1 unspecified atom stereocenters. The lowest BCUT2D eigenvalue weighted by atomic mass is 10.2. The molecule has 17 heavy (non-hydrogen) atoms. The Balaban J connectivity index is 2.20. The summed E-state index contributed by atoms with van der Waals surface area (Å²) in [6, 6.07) is 5.67. The standard InChI is InChI=1S/C12H17N3O2/c1-3-17-11(16)7-15-8(2)14-12-9(13)5-4-6-10(12)15/h4-6,8,14H,3,7,13H2,1-2H3. The Morgan fingerprint density at radius 1 is 1.59 bits per heavy atom. The van der Waals surface area contributed by atoms with Crippen molar-refractivity contribution in [1.29, 1.82) is 0 Å².